The van der Waals surface area contributed by atoms with Gasteiger partial charge in [0, 0.05) is 11.6 Å². The third kappa shape index (κ3) is 3.05. The second kappa shape index (κ2) is 6.30. The number of H-pyrrole nitrogens is 1. The Bertz CT molecular complexity index is 796. The number of para-hydroxylation sites is 1. The smallest absolute Gasteiger partial charge is 0.250 e. The molecule has 0 radical (unpaired) electrons. The molecule has 3 aromatic rings. The van der Waals surface area contributed by atoms with E-state index in [-0.39, 0.29) is 5.91 Å². The summed E-state index contributed by atoms with van der Waals surface area (Å²) in [5, 5.41) is 13.7. The molecule has 0 aliphatic heterocycles. The van der Waals surface area contributed by atoms with Crippen molar-refractivity contribution in [1.29, 1.82) is 0 Å². The topological polar surface area (TPSA) is 97.7 Å². The van der Waals surface area contributed by atoms with Crippen LogP contribution in [0.3, 0.4) is 0 Å². The maximum absolute atomic E-state index is 12.2. The van der Waals surface area contributed by atoms with Crippen molar-refractivity contribution in [1.82, 2.24) is 25.0 Å². The molecule has 2 N–H and O–H groups in total. The Balaban J connectivity index is 1.76. The highest BCUT2D eigenvalue weighted by Gasteiger charge is 2.17. The molecular weight excluding hydrogens is 296 g/mol. The first-order valence-corrected chi connectivity index (χ1v) is 7.03. The van der Waals surface area contributed by atoms with Gasteiger partial charge in [0.25, 0.3) is 0 Å². The Morgan fingerprint density at radius 2 is 2.22 bits per heavy atom. The first-order valence-electron chi connectivity index (χ1n) is 7.03. The fraction of sp³-hybridized carbons (Fsp3) is 0.200. The largest absolute Gasteiger partial charge is 0.496 e. The highest BCUT2D eigenvalue weighted by molar-refractivity contribution is 5.93. The van der Waals surface area contributed by atoms with Crippen molar-refractivity contribution in [3.63, 3.8) is 0 Å². The number of methoxy groups -OCH3 is 1. The van der Waals surface area contributed by atoms with Crippen LogP contribution < -0.4 is 10.1 Å². The van der Waals surface area contributed by atoms with E-state index in [0.29, 0.717) is 5.82 Å². The van der Waals surface area contributed by atoms with Crippen LogP contribution in [0.5, 0.6) is 5.75 Å². The van der Waals surface area contributed by atoms with Crippen LogP contribution in [0.2, 0.25) is 0 Å². The average molecular weight is 312 g/mol. The minimum atomic E-state index is -0.482. The third-order valence-electron chi connectivity index (χ3n) is 3.44. The van der Waals surface area contributed by atoms with Crippen molar-refractivity contribution in [2.75, 3.05) is 12.4 Å². The molecular formula is C15H16N6O2. The number of hydrogen-bond acceptors (Lipinski definition) is 5. The lowest BCUT2D eigenvalue weighted by molar-refractivity contribution is -0.119. The number of carbonyl (C=O) groups is 1. The van der Waals surface area contributed by atoms with E-state index in [0.717, 1.165) is 17.0 Å². The highest BCUT2D eigenvalue weighted by atomic mass is 16.5. The van der Waals surface area contributed by atoms with Gasteiger partial charge in [-0.05, 0) is 19.1 Å². The lowest BCUT2D eigenvalue weighted by atomic mass is 10.1. The van der Waals surface area contributed by atoms with Crippen LogP contribution in [0.15, 0.2) is 43.0 Å². The van der Waals surface area contributed by atoms with Crippen LogP contribution in [0.4, 0.5) is 5.82 Å². The monoisotopic (exact) mass is 312 g/mol. The van der Waals surface area contributed by atoms with Crippen LogP contribution in [-0.4, -0.2) is 38.0 Å². The van der Waals surface area contributed by atoms with Crippen LogP contribution in [-0.2, 0) is 4.79 Å². The summed E-state index contributed by atoms with van der Waals surface area (Å²) in [6.07, 6.45) is 2.88. The van der Waals surface area contributed by atoms with E-state index < -0.39 is 6.04 Å². The van der Waals surface area contributed by atoms with Crippen molar-refractivity contribution in [3.05, 3.63) is 43.0 Å². The van der Waals surface area contributed by atoms with Gasteiger partial charge in [-0.25, -0.2) is 9.67 Å². The van der Waals surface area contributed by atoms with Gasteiger partial charge in [0.1, 0.15) is 24.4 Å². The van der Waals surface area contributed by atoms with E-state index in [1.807, 2.05) is 24.3 Å². The van der Waals surface area contributed by atoms with E-state index >= 15 is 0 Å². The second-order valence-electron chi connectivity index (χ2n) is 4.91. The Morgan fingerprint density at radius 1 is 1.39 bits per heavy atom. The molecule has 0 saturated carbocycles. The SMILES string of the molecule is COc1ccccc1-c1cc(NC(=O)[C@H](C)n2cncn2)n[nH]1. The zero-order valence-corrected chi connectivity index (χ0v) is 12.7. The van der Waals surface area contributed by atoms with Crippen LogP contribution in [0.25, 0.3) is 11.3 Å². The predicted molar refractivity (Wildman–Crippen MR) is 83.9 cm³/mol. The zero-order chi connectivity index (χ0) is 16.2. The van der Waals surface area contributed by atoms with Crippen LogP contribution in [0.1, 0.15) is 13.0 Å². The molecule has 2 aromatic heterocycles. The summed E-state index contributed by atoms with van der Waals surface area (Å²) in [7, 11) is 1.61. The van der Waals surface area contributed by atoms with Crippen molar-refractivity contribution in [2.45, 2.75) is 13.0 Å². The van der Waals surface area contributed by atoms with Gasteiger partial charge >= 0.3 is 0 Å². The standard InChI is InChI=1S/C15H16N6O2/c1-10(21-9-16-8-17-21)15(22)18-14-7-12(19-20-14)11-5-3-4-6-13(11)23-2/h3-10H,1-2H3,(H2,18,19,20,22)/t10-/m0/s1. The number of anilines is 1. The molecule has 0 aliphatic rings. The van der Waals surface area contributed by atoms with Crippen molar-refractivity contribution >= 4 is 11.7 Å². The normalized spacial score (nSPS) is 11.9. The highest BCUT2D eigenvalue weighted by Crippen LogP contribution is 2.29. The zero-order valence-electron chi connectivity index (χ0n) is 12.7. The molecule has 8 nitrogen and oxygen atoms in total. The number of benzene rings is 1. The van der Waals surface area contributed by atoms with Gasteiger partial charge in [-0.3, -0.25) is 9.89 Å². The minimum absolute atomic E-state index is 0.228. The lowest BCUT2D eigenvalue weighted by Crippen LogP contribution is -2.24. The molecule has 0 aliphatic carbocycles. The van der Waals surface area contributed by atoms with Gasteiger partial charge in [0.15, 0.2) is 5.82 Å². The van der Waals surface area contributed by atoms with Gasteiger partial charge in [-0.1, -0.05) is 12.1 Å². The summed E-state index contributed by atoms with van der Waals surface area (Å²) >= 11 is 0. The number of rotatable bonds is 5. The van der Waals surface area contributed by atoms with Gasteiger partial charge in [-0.15, -0.1) is 0 Å². The summed E-state index contributed by atoms with van der Waals surface area (Å²) in [5.74, 6) is 0.932. The molecule has 23 heavy (non-hydrogen) atoms. The average Bonchev–Trinajstić information content (AvgIpc) is 3.26. The Morgan fingerprint density at radius 3 is 2.96 bits per heavy atom. The Hall–Kier alpha value is -3.16. The number of aromatic nitrogens is 5. The molecule has 1 aromatic carbocycles. The first-order chi connectivity index (χ1) is 11.2. The summed E-state index contributed by atoms with van der Waals surface area (Å²) in [6, 6.07) is 8.84. The molecule has 3 rings (SSSR count). The number of aromatic amines is 1. The molecule has 2 heterocycles. The second-order valence-corrected chi connectivity index (χ2v) is 4.91. The first kappa shape index (κ1) is 14.8. The molecule has 118 valence electrons. The van der Waals surface area contributed by atoms with Crippen LogP contribution in [0, 0.1) is 0 Å². The summed E-state index contributed by atoms with van der Waals surface area (Å²) in [5.41, 5.74) is 1.62. The maximum atomic E-state index is 12.2. The van der Waals surface area contributed by atoms with E-state index in [1.54, 1.807) is 20.1 Å². The third-order valence-corrected chi connectivity index (χ3v) is 3.44. The molecule has 8 heteroatoms. The quantitative estimate of drug-likeness (QED) is 0.749. The molecule has 0 saturated heterocycles. The van der Waals surface area contributed by atoms with Crippen molar-refractivity contribution in [3.8, 4) is 17.0 Å². The molecule has 1 atom stereocenters. The number of nitrogens with zero attached hydrogens (tertiary/aromatic N) is 4. The van der Waals surface area contributed by atoms with Crippen LogP contribution >= 0.6 is 0 Å². The fourth-order valence-corrected chi connectivity index (χ4v) is 2.16. The van der Waals surface area contributed by atoms with Crippen molar-refractivity contribution < 1.29 is 9.53 Å². The van der Waals surface area contributed by atoms with E-state index in [4.69, 9.17) is 4.74 Å². The molecule has 0 fully saturated rings. The molecule has 0 bridgehead atoms. The van der Waals surface area contributed by atoms with Gasteiger partial charge < -0.3 is 10.1 Å². The van der Waals surface area contributed by atoms with E-state index in [1.165, 1.54) is 17.3 Å². The van der Waals surface area contributed by atoms with E-state index in [2.05, 4.69) is 25.6 Å². The Kier molecular flexibility index (Phi) is 4.05. The molecule has 1 amide bonds. The van der Waals surface area contributed by atoms with Gasteiger partial charge in [0.2, 0.25) is 5.91 Å². The number of ether oxygens (including phenoxy) is 1. The van der Waals surface area contributed by atoms with Crippen molar-refractivity contribution in [2.24, 2.45) is 0 Å². The number of carbonyl (C=O) groups excluding carboxylic acids is 1. The number of nitrogens with one attached hydrogen (secondary N) is 2. The fourth-order valence-electron chi connectivity index (χ4n) is 2.16. The number of hydrogen-bond donors (Lipinski definition) is 2. The van der Waals surface area contributed by atoms with Gasteiger partial charge in [0.05, 0.1) is 12.8 Å². The van der Waals surface area contributed by atoms with E-state index in [9.17, 15) is 4.79 Å². The predicted octanol–water partition coefficient (Wildman–Crippen LogP) is 1.88. The number of amides is 1. The van der Waals surface area contributed by atoms with Gasteiger partial charge in [-0.2, -0.15) is 10.2 Å². The Labute approximate surface area is 132 Å². The molecule has 0 unspecified atom stereocenters. The summed E-state index contributed by atoms with van der Waals surface area (Å²) in [6.45, 7) is 1.73. The lowest BCUT2D eigenvalue weighted by Gasteiger charge is -2.10. The maximum Gasteiger partial charge on any atom is 0.250 e. The summed E-state index contributed by atoms with van der Waals surface area (Å²) < 4.78 is 6.80. The molecule has 0 spiro atoms. The summed E-state index contributed by atoms with van der Waals surface area (Å²) in [4.78, 5) is 16.0. The minimum Gasteiger partial charge on any atom is -0.496 e.